The van der Waals surface area contributed by atoms with Crippen molar-refractivity contribution < 1.29 is 14.2 Å². The summed E-state index contributed by atoms with van der Waals surface area (Å²) in [5, 5.41) is 7.41. The van der Waals surface area contributed by atoms with E-state index < -0.39 is 0 Å². The van der Waals surface area contributed by atoms with Gasteiger partial charge in [0.1, 0.15) is 0 Å². The van der Waals surface area contributed by atoms with Crippen LogP contribution in [0.4, 0.5) is 0 Å². The molecule has 0 aromatic heterocycles. The van der Waals surface area contributed by atoms with Crippen LogP contribution >= 0.6 is 0 Å². The number of benzene rings is 1. The van der Waals surface area contributed by atoms with Crippen molar-refractivity contribution in [3.63, 3.8) is 0 Å². The van der Waals surface area contributed by atoms with Crippen LogP contribution in [-0.4, -0.2) is 75.9 Å². The smallest absolute Gasteiger partial charge is 0.203 e. The molecule has 2 aliphatic heterocycles. The molecule has 1 aromatic rings. The third kappa shape index (κ3) is 4.06. The fraction of sp³-hybridized carbons (Fsp3) is 0.700. The highest BCUT2D eigenvalue weighted by Gasteiger charge is 2.46. The number of methoxy groups -OCH3 is 3. The molecule has 0 radical (unpaired) electrons. The molecule has 8 nitrogen and oxygen atoms in total. The Morgan fingerprint density at radius 3 is 2.39 bits per heavy atom. The number of fused-ring (bicyclic) bond motifs is 1. The standard InChI is InChI=1S/C20H35N5O3/c1-6-7-8-25-16(23-17-19(21)24(2)12-22-20(17)25)11-13-9-14(26-3)18(28-5)15(10-13)27-4/h9-10,16-17,19-20,22-23H,6-8,11-12,21H2,1-5H3. The van der Waals surface area contributed by atoms with Crippen molar-refractivity contribution in [3.8, 4) is 17.2 Å². The van der Waals surface area contributed by atoms with E-state index in [1.54, 1.807) is 21.3 Å². The highest BCUT2D eigenvalue weighted by atomic mass is 16.5. The summed E-state index contributed by atoms with van der Waals surface area (Å²) in [6, 6.07) is 4.24. The number of nitrogens with two attached hydrogens (primary N) is 1. The first-order valence-electron chi connectivity index (χ1n) is 10.0. The van der Waals surface area contributed by atoms with Gasteiger partial charge in [0.2, 0.25) is 5.75 Å². The molecule has 4 unspecified atom stereocenters. The molecule has 28 heavy (non-hydrogen) atoms. The monoisotopic (exact) mass is 393 g/mol. The second-order valence-electron chi connectivity index (χ2n) is 7.59. The highest BCUT2D eigenvalue weighted by molar-refractivity contribution is 5.54. The zero-order valence-corrected chi connectivity index (χ0v) is 17.7. The van der Waals surface area contributed by atoms with Crippen LogP contribution in [0.5, 0.6) is 17.2 Å². The molecule has 1 aromatic carbocycles. The van der Waals surface area contributed by atoms with E-state index in [0.717, 1.165) is 38.0 Å². The Balaban J connectivity index is 1.85. The van der Waals surface area contributed by atoms with Crippen molar-refractivity contribution in [2.45, 2.75) is 50.7 Å². The molecular weight excluding hydrogens is 358 g/mol. The minimum Gasteiger partial charge on any atom is -0.493 e. The lowest BCUT2D eigenvalue weighted by Gasteiger charge is -2.41. The van der Waals surface area contributed by atoms with E-state index in [0.29, 0.717) is 17.2 Å². The van der Waals surface area contributed by atoms with Crippen molar-refractivity contribution in [1.29, 1.82) is 0 Å². The first kappa shape index (κ1) is 21.1. The summed E-state index contributed by atoms with van der Waals surface area (Å²) in [4.78, 5) is 4.66. The van der Waals surface area contributed by atoms with Gasteiger partial charge in [0.05, 0.1) is 52.5 Å². The Morgan fingerprint density at radius 1 is 1.14 bits per heavy atom. The molecule has 2 saturated heterocycles. The highest BCUT2D eigenvalue weighted by Crippen LogP contribution is 2.39. The normalized spacial score (nSPS) is 28.2. The number of likely N-dealkylation sites (N-methyl/N-ethyl adjacent to an activating group) is 1. The molecule has 0 aliphatic carbocycles. The number of nitrogens with zero attached hydrogens (tertiary/aromatic N) is 2. The minimum absolute atomic E-state index is 0.0136. The lowest BCUT2D eigenvalue weighted by molar-refractivity contribution is 0.0691. The fourth-order valence-corrected chi connectivity index (χ4v) is 4.24. The molecule has 2 heterocycles. The molecule has 0 bridgehead atoms. The molecule has 4 atom stereocenters. The van der Waals surface area contributed by atoms with E-state index in [2.05, 4.69) is 34.4 Å². The summed E-state index contributed by atoms with van der Waals surface area (Å²) in [5.74, 6) is 1.99. The lowest BCUT2D eigenvalue weighted by Crippen LogP contribution is -2.67. The van der Waals surface area contributed by atoms with E-state index in [-0.39, 0.29) is 24.5 Å². The summed E-state index contributed by atoms with van der Waals surface area (Å²) >= 11 is 0. The number of ether oxygens (including phenoxy) is 3. The second-order valence-corrected chi connectivity index (χ2v) is 7.59. The maximum absolute atomic E-state index is 6.48. The molecule has 3 rings (SSSR count). The molecular formula is C20H35N5O3. The average Bonchev–Trinajstić information content (AvgIpc) is 3.05. The molecule has 4 N–H and O–H groups in total. The van der Waals surface area contributed by atoms with Crippen LogP contribution in [0.25, 0.3) is 0 Å². The van der Waals surface area contributed by atoms with Gasteiger partial charge in [-0.2, -0.15) is 0 Å². The topological polar surface area (TPSA) is 84.2 Å². The van der Waals surface area contributed by atoms with Crippen molar-refractivity contribution in [2.75, 3.05) is 41.6 Å². The predicted molar refractivity (Wildman–Crippen MR) is 110 cm³/mol. The quantitative estimate of drug-likeness (QED) is 0.597. The molecule has 158 valence electrons. The second kappa shape index (κ2) is 9.28. The van der Waals surface area contributed by atoms with Gasteiger partial charge < -0.3 is 19.9 Å². The summed E-state index contributed by atoms with van der Waals surface area (Å²) < 4.78 is 16.5. The third-order valence-corrected chi connectivity index (χ3v) is 5.83. The van der Waals surface area contributed by atoms with Gasteiger partial charge in [-0.05, 0) is 31.2 Å². The van der Waals surface area contributed by atoms with Crippen molar-refractivity contribution in [1.82, 2.24) is 20.4 Å². The van der Waals surface area contributed by atoms with Gasteiger partial charge in [0, 0.05) is 13.0 Å². The van der Waals surface area contributed by atoms with Gasteiger partial charge in [-0.25, -0.2) is 0 Å². The van der Waals surface area contributed by atoms with Crippen LogP contribution in [0.1, 0.15) is 25.3 Å². The number of rotatable bonds is 8. The minimum atomic E-state index is -0.0136. The fourth-order valence-electron chi connectivity index (χ4n) is 4.24. The first-order valence-corrected chi connectivity index (χ1v) is 10.0. The van der Waals surface area contributed by atoms with Crippen LogP contribution in [0.3, 0.4) is 0 Å². The van der Waals surface area contributed by atoms with Crippen molar-refractivity contribution >= 4 is 0 Å². The van der Waals surface area contributed by atoms with Crippen molar-refractivity contribution in [3.05, 3.63) is 17.7 Å². The van der Waals surface area contributed by atoms with Gasteiger partial charge in [0.25, 0.3) is 0 Å². The van der Waals surface area contributed by atoms with E-state index in [1.165, 1.54) is 0 Å². The maximum atomic E-state index is 6.48. The first-order chi connectivity index (χ1) is 13.5. The van der Waals surface area contributed by atoms with E-state index in [4.69, 9.17) is 19.9 Å². The van der Waals surface area contributed by atoms with Gasteiger partial charge in [-0.15, -0.1) is 0 Å². The summed E-state index contributed by atoms with van der Waals surface area (Å²) in [5.41, 5.74) is 7.61. The summed E-state index contributed by atoms with van der Waals surface area (Å²) in [6.07, 6.45) is 3.56. The van der Waals surface area contributed by atoms with Crippen LogP contribution in [0.2, 0.25) is 0 Å². The Morgan fingerprint density at radius 2 is 1.82 bits per heavy atom. The van der Waals surface area contributed by atoms with Gasteiger partial charge in [-0.3, -0.25) is 20.4 Å². The van der Waals surface area contributed by atoms with Crippen LogP contribution < -0.4 is 30.6 Å². The molecule has 8 heteroatoms. The van der Waals surface area contributed by atoms with Gasteiger partial charge in [-0.1, -0.05) is 13.3 Å². The van der Waals surface area contributed by atoms with Crippen molar-refractivity contribution in [2.24, 2.45) is 5.73 Å². The molecule has 2 fully saturated rings. The number of nitrogens with one attached hydrogen (secondary N) is 2. The average molecular weight is 394 g/mol. The molecule has 0 spiro atoms. The molecule has 0 saturated carbocycles. The molecule has 2 aliphatic rings. The number of hydrogen-bond acceptors (Lipinski definition) is 8. The Bertz CT molecular complexity index is 634. The summed E-state index contributed by atoms with van der Waals surface area (Å²) in [7, 11) is 6.98. The summed E-state index contributed by atoms with van der Waals surface area (Å²) in [6.45, 7) is 4.05. The maximum Gasteiger partial charge on any atom is 0.203 e. The Hall–Kier alpha value is -1.58. The largest absolute Gasteiger partial charge is 0.493 e. The van der Waals surface area contributed by atoms with E-state index in [9.17, 15) is 0 Å². The van der Waals surface area contributed by atoms with E-state index >= 15 is 0 Å². The van der Waals surface area contributed by atoms with Crippen LogP contribution in [-0.2, 0) is 6.42 Å². The van der Waals surface area contributed by atoms with Crippen LogP contribution in [0, 0.1) is 0 Å². The Labute approximate surface area is 168 Å². The van der Waals surface area contributed by atoms with E-state index in [1.807, 2.05) is 12.1 Å². The van der Waals surface area contributed by atoms with Crippen LogP contribution in [0.15, 0.2) is 12.1 Å². The SMILES string of the molecule is CCCCN1C(Cc2cc(OC)c(OC)c(OC)c2)NC2C(N)N(C)CNC21. The lowest BCUT2D eigenvalue weighted by atomic mass is 10.1. The number of unbranched alkanes of at least 4 members (excludes halogenated alkanes) is 1. The Kier molecular flexibility index (Phi) is 7.00. The zero-order chi connectivity index (χ0) is 20.3. The zero-order valence-electron chi connectivity index (χ0n) is 17.7. The predicted octanol–water partition coefficient (Wildman–Crippen LogP) is 0.758. The third-order valence-electron chi connectivity index (χ3n) is 5.83. The van der Waals surface area contributed by atoms with Gasteiger partial charge in [0.15, 0.2) is 11.5 Å². The molecule has 0 amide bonds. The number of hydrogen-bond donors (Lipinski definition) is 3. The van der Waals surface area contributed by atoms with Gasteiger partial charge >= 0.3 is 0 Å².